The number of carboxylic acids is 1. The molecule has 3 nitrogen and oxygen atoms in total. The lowest BCUT2D eigenvalue weighted by molar-refractivity contribution is 0.0698. The summed E-state index contributed by atoms with van der Waals surface area (Å²) < 4.78 is 0. The average Bonchev–Trinajstić information content (AvgIpc) is 2.38. The third-order valence-electron chi connectivity index (χ3n) is 3.51. The maximum Gasteiger partial charge on any atom is 0.337 e. The largest absolute Gasteiger partial charge is 0.478 e. The van der Waals surface area contributed by atoms with Gasteiger partial charge in [-0.15, -0.1) is 0 Å². The Kier molecular flexibility index (Phi) is 7.13. The standard InChI is InChI=1S/C17H27NO2/c1-13(2)9-6-4-5-7-12-18-16-14(3)10-8-11-15(16)17(19)20/h8,10-11,13,18H,4-7,9,12H2,1-3H3,(H,19,20). The summed E-state index contributed by atoms with van der Waals surface area (Å²) in [6, 6.07) is 5.38. The molecular formula is C17H27NO2. The van der Waals surface area contributed by atoms with Crippen molar-refractivity contribution in [3.8, 4) is 0 Å². The third-order valence-corrected chi connectivity index (χ3v) is 3.51. The highest BCUT2D eigenvalue weighted by Crippen LogP contribution is 2.20. The van der Waals surface area contributed by atoms with Gasteiger partial charge < -0.3 is 10.4 Å². The predicted octanol–water partition coefficient (Wildman–Crippen LogP) is 4.71. The summed E-state index contributed by atoms with van der Waals surface area (Å²) in [7, 11) is 0. The van der Waals surface area contributed by atoms with E-state index >= 15 is 0 Å². The highest BCUT2D eigenvalue weighted by molar-refractivity contribution is 5.95. The van der Waals surface area contributed by atoms with Crippen molar-refractivity contribution in [2.75, 3.05) is 11.9 Å². The van der Waals surface area contributed by atoms with Crippen LogP contribution in [0.2, 0.25) is 0 Å². The molecule has 0 heterocycles. The summed E-state index contributed by atoms with van der Waals surface area (Å²) in [5.41, 5.74) is 2.12. The summed E-state index contributed by atoms with van der Waals surface area (Å²) in [6.07, 6.45) is 6.15. The maximum atomic E-state index is 11.2. The Morgan fingerprint density at radius 3 is 2.55 bits per heavy atom. The zero-order chi connectivity index (χ0) is 15.0. The zero-order valence-corrected chi connectivity index (χ0v) is 12.9. The topological polar surface area (TPSA) is 49.3 Å². The molecule has 0 fully saturated rings. The first-order chi connectivity index (χ1) is 9.52. The van der Waals surface area contributed by atoms with Gasteiger partial charge in [-0.1, -0.05) is 51.7 Å². The molecule has 0 aliphatic carbocycles. The molecule has 0 atom stereocenters. The number of benzene rings is 1. The molecule has 1 aromatic rings. The Morgan fingerprint density at radius 2 is 1.90 bits per heavy atom. The van der Waals surface area contributed by atoms with E-state index in [1.54, 1.807) is 12.1 Å². The van der Waals surface area contributed by atoms with E-state index in [2.05, 4.69) is 19.2 Å². The molecule has 0 bridgehead atoms. The number of hydrogen-bond donors (Lipinski definition) is 2. The van der Waals surface area contributed by atoms with Crippen molar-refractivity contribution in [1.82, 2.24) is 0 Å². The number of aromatic carboxylic acids is 1. The summed E-state index contributed by atoms with van der Waals surface area (Å²) in [4.78, 5) is 11.2. The van der Waals surface area contributed by atoms with Crippen molar-refractivity contribution >= 4 is 11.7 Å². The summed E-state index contributed by atoms with van der Waals surface area (Å²) >= 11 is 0. The van der Waals surface area contributed by atoms with Crippen LogP contribution >= 0.6 is 0 Å². The van der Waals surface area contributed by atoms with Crippen LogP contribution in [-0.4, -0.2) is 17.6 Å². The van der Waals surface area contributed by atoms with E-state index in [9.17, 15) is 9.90 Å². The fourth-order valence-electron chi connectivity index (χ4n) is 2.33. The first-order valence-corrected chi connectivity index (χ1v) is 7.59. The van der Waals surface area contributed by atoms with Crippen LogP contribution in [-0.2, 0) is 0 Å². The van der Waals surface area contributed by atoms with Crippen LogP contribution in [0, 0.1) is 12.8 Å². The number of nitrogens with one attached hydrogen (secondary N) is 1. The van der Waals surface area contributed by atoms with Gasteiger partial charge in [-0.2, -0.15) is 0 Å². The van der Waals surface area contributed by atoms with Gasteiger partial charge in [0, 0.05) is 6.54 Å². The summed E-state index contributed by atoms with van der Waals surface area (Å²) in [5.74, 6) is -0.0775. The number of unbranched alkanes of at least 4 members (excludes halogenated alkanes) is 3. The van der Waals surface area contributed by atoms with Gasteiger partial charge in [-0.05, 0) is 30.9 Å². The van der Waals surface area contributed by atoms with Gasteiger partial charge in [0.15, 0.2) is 0 Å². The van der Waals surface area contributed by atoms with Crippen molar-refractivity contribution in [2.24, 2.45) is 5.92 Å². The van der Waals surface area contributed by atoms with E-state index < -0.39 is 5.97 Å². The molecule has 0 aliphatic heterocycles. The first kappa shape index (κ1) is 16.5. The van der Waals surface area contributed by atoms with Crippen LogP contribution in [0.5, 0.6) is 0 Å². The van der Waals surface area contributed by atoms with Crippen LogP contribution in [0.1, 0.15) is 61.9 Å². The SMILES string of the molecule is Cc1cccc(C(=O)O)c1NCCCCCCC(C)C. The number of aryl methyl sites for hydroxylation is 1. The lowest BCUT2D eigenvalue weighted by Crippen LogP contribution is -2.09. The van der Waals surface area contributed by atoms with E-state index in [1.165, 1.54) is 25.7 Å². The molecule has 0 saturated carbocycles. The van der Waals surface area contributed by atoms with Crippen LogP contribution in [0.3, 0.4) is 0 Å². The molecule has 1 rings (SSSR count). The van der Waals surface area contributed by atoms with Crippen molar-refractivity contribution in [2.45, 2.75) is 52.9 Å². The van der Waals surface area contributed by atoms with Gasteiger partial charge in [0.2, 0.25) is 0 Å². The van der Waals surface area contributed by atoms with Crippen molar-refractivity contribution in [3.63, 3.8) is 0 Å². The molecule has 0 aliphatic rings. The van der Waals surface area contributed by atoms with Gasteiger partial charge in [0.25, 0.3) is 0 Å². The Bertz CT molecular complexity index is 427. The molecule has 1 aromatic carbocycles. The Balaban J connectivity index is 2.33. The van der Waals surface area contributed by atoms with E-state index in [-0.39, 0.29) is 0 Å². The van der Waals surface area contributed by atoms with E-state index in [4.69, 9.17) is 0 Å². The van der Waals surface area contributed by atoms with E-state index in [0.29, 0.717) is 5.56 Å². The Labute approximate surface area is 122 Å². The summed E-state index contributed by atoms with van der Waals surface area (Å²) in [5, 5.41) is 12.5. The van der Waals surface area contributed by atoms with Crippen LogP contribution in [0.25, 0.3) is 0 Å². The van der Waals surface area contributed by atoms with Gasteiger partial charge in [-0.25, -0.2) is 4.79 Å². The average molecular weight is 277 g/mol. The number of para-hydroxylation sites is 1. The minimum absolute atomic E-state index is 0.366. The van der Waals surface area contributed by atoms with E-state index in [1.807, 2.05) is 13.0 Å². The van der Waals surface area contributed by atoms with Crippen molar-refractivity contribution < 1.29 is 9.90 Å². The van der Waals surface area contributed by atoms with Crippen LogP contribution < -0.4 is 5.32 Å². The monoisotopic (exact) mass is 277 g/mol. The number of rotatable bonds is 9. The van der Waals surface area contributed by atoms with Crippen LogP contribution in [0.4, 0.5) is 5.69 Å². The second-order valence-electron chi connectivity index (χ2n) is 5.83. The molecule has 112 valence electrons. The highest BCUT2D eigenvalue weighted by atomic mass is 16.4. The molecule has 0 radical (unpaired) electrons. The van der Waals surface area contributed by atoms with Gasteiger partial charge in [-0.3, -0.25) is 0 Å². The van der Waals surface area contributed by atoms with Crippen molar-refractivity contribution in [1.29, 1.82) is 0 Å². The molecule has 0 unspecified atom stereocenters. The molecule has 0 saturated heterocycles. The number of hydrogen-bond acceptors (Lipinski definition) is 2. The Morgan fingerprint density at radius 1 is 1.20 bits per heavy atom. The fourth-order valence-corrected chi connectivity index (χ4v) is 2.33. The second-order valence-corrected chi connectivity index (χ2v) is 5.83. The van der Waals surface area contributed by atoms with Gasteiger partial charge in [0.1, 0.15) is 0 Å². The zero-order valence-electron chi connectivity index (χ0n) is 12.9. The fraction of sp³-hybridized carbons (Fsp3) is 0.588. The molecule has 0 aromatic heterocycles. The lowest BCUT2D eigenvalue weighted by Gasteiger charge is -2.12. The quantitative estimate of drug-likeness (QED) is 0.642. The molecular weight excluding hydrogens is 250 g/mol. The number of anilines is 1. The smallest absolute Gasteiger partial charge is 0.337 e. The second kappa shape index (κ2) is 8.62. The van der Waals surface area contributed by atoms with Crippen LogP contribution in [0.15, 0.2) is 18.2 Å². The molecule has 2 N–H and O–H groups in total. The van der Waals surface area contributed by atoms with Gasteiger partial charge >= 0.3 is 5.97 Å². The summed E-state index contributed by atoms with van der Waals surface area (Å²) in [6.45, 7) is 7.30. The maximum absolute atomic E-state index is 11.2. The van der Waals surface area contributed by atoms with Crippen molar-refractivity contribution in [3.05, 3.63) is 29.3 Å². The van der Waals surface area contributed by atoms with Gasteiger partial charge in [0.05, 0.1) is 11.3 Å². The lowest BCUT2D eigenvalue weighted by atomic mass is 10.0. The predicted molar refractivity (Wildman–Crippen MR) is 84.6 cm³/mol. The Hall–Kier alpha value is -1.51. The molecule has 3 heteroatoms. The first-order valence-electron chi connectivity index (χ1n) is 7.59. The third kappa shape index (κ3) is 5.64. The number of carboxylic acid groups (broad SMARTS) is 1. The van der Waals surface area contributed by atoms with E-state index in [0.717, 1.165) is 30.1 Å². The minimum Gasteiger partial charge on any atom is -0.478 e. The molecule has 20 heavy (non-hydrogen) atoms. The normalized spacial score (nSPS) is 10.8. The highest BCUT2D eigenvalue weighted by Gasteiger charge is 2.10. The number of carbonyl (C=O) groups is 1. The molecule has 0 spiro atoms. The minimum atomic E-state index is -0.867. The molecule has 0 amide bonds.